The molecule has 0 aromatic heterocycles. The summed E-state index contributed by atoms with van der Waals surface area (Å²) in [5.41, 5.74) is 0.870. The number of anilines is 1. The summed E-state index contributed by atoms with van der Waals surface area (Å²) in [6.45, 7) is 3.87. The van der Waals surface area contributed by atoms with Gasteiger partial charge in [-0.05, 0) is 18.2 Å². The average Bonchev–Trinajstić information content (AvgIpc) is 2.47. The standard InChI is InChI=1S/C15H15NO5/c1-2-7-16-11-8-10(12(17)4-6-15(19)20)3-5-13(11)21-9-14(16)18/h2-3,5,8H,1,4,6-7,9H2,(H,19,20). The van der Waals surface area contributed by atoms with Crippen molar-refractivity contribution in [1.82, 2.24) is 0 Å². The van der Waals surface area contributed by atoms with Crippen LogP contribution in [0.5, 0.6) is 5.75 Å². The Hall–Kier alpha value is -2.63. The van der Waals surface area contributed by atoms with Gasteiger partial charge in [-0.3, -0.25) is 14.4 Å². The number of amides is 1. The van der Waals surface area contributed by atoms with Gasteiger partial charge in [0.25, 0.3) is 5.91 Å². The number of aliphatic carboxylic acids is 1. The highest BCUT2D eigenvalue weighted by atomic mass is 16.5. The molecule has 21 heavy (non-hydrogen) atoms. The van der Waals surface area contributed by atoms with Crippen LogP contribution in [-0.2, 0) is 9.59 Å². The number of hydrogen-bond donors (Lipinski definition) is 1. The highest BCUT2D eigenvalue weighted by Crippen LogP contribution is 2.33. The molecule has 0 bridgehead atoms. The Morgan fingerprint density at radius 2 is 2.14 bits per heavy atom. The van der Waals surface area contributed by atoms with E-state index >= 15 is 0 Å². The molecule has 0 radical (unpaired) electrons. The molecule has 1 aliphatic rings. The fourth-order valence-electron chi connectivity index (χ4n) is 2.07. The van der Waals surface area contributed by atoms with Gasteiger partial charge in [-0.15, -0.1) is 6.58 Å². The molecule has 0 saturated heterocycles. The number of carboxylic acids is 1. The topological polar surface area (TPSA) is 83.9 Å². The van der Waals surface area contributed by atoms with Crippen LogP contribution in [0.4, 0.5) is 5.69 Å². The number of ketones is 1. The van der Waals surface area contributed by atoms with Crippen LogP contribution >= 0.6 is 0 Å². The van der Waals surface area contributed by atoms with Gasteiger partial charge in [-0.25, -0.2) is 0 Å². The predicted octanol–water partition coefficient (Wildman–Crippen LogP) is 1.65. The third-order valence-electron chi connectivity index (χ3n) is 3.10. The van der Waals surface area contributed by atoms with Gasteiger partial charge in [-0.2, -0.15) is 0 Å². The Balaban J connectivity index is 2.27. The molecule has 0 atom stereocenters. The van der Waals surface area contributed by atoms with Crippen molar-refractivity contribution in [2.24, 2.45) is 0 Å². The van der Waals surface area contributed by atoms with Crippen LogP contribution in [0.3, 0.4) is 0 Å². The van der Waals surface area contributed by atoms with Crippen LogP contribution in [0.25, 0.3) is 0 Å². The summed E-state index contributed by atoms with van der Waals surface area (Å²) in [5, 5.41) is 8.61. The van der Waals surface area contributed by atoms with Gasteiger partial charge in [0.2, 0.25) is 0 Å². The molecule has 0 saturated carbocycles. The van der Waals surface area contributed by atoms with E-state index in [1.165, 1.54) is 4.90 Å². The molecular formula is C15H15NO5. The molecule has 6 nitrogen and oxygen atoms in total. The molecule has 2 rings (SSSR count). The van der Waals surface area contributed by atoms with Gasteiger partial charge >= 0.3 is 5.97 Å². The lowest BCUT2D eigenvalue weighted by Crippen LogP contribution is -2.38. The smallest absolute Gasteiger partial charge is 0.303 e. The van der Waals surface area contributed by atoms with E-state index in [-0.39, 0.29) is 31.1 Å². The number of hydrogen-bond acceptors (Lipinski definition) is 4. The number of nitrogens with zero attached hydrogens (tertiary/aromatic N) is 1. The molecular weight excluding hydrogens is 274 g/mol. The molecule has 1 aromatic carbocycles. The maximum absolute atomic E-state index is 12.0. The summed E-state index contributed by atoms with van der Waals surface area (Å²) < 4.78 is 5.31. The Kier molecular flexibility index (Phi) is 4.37. The van der Waals surface area contributed by atoms with Crippen LogP contribution in [0.2, 0.25) is 0 Å². The summed E-state index contributed by atoms with van der Waals surface area (Å²) in [4.78, 5) is 35.8. The monoisotopic (exact) mass is 289 g/mol. The van der Waals surface area contributed by atoms with Crippen LogP contribution in [0.15, 0.2) is 30.9 Å². The molecule has 0 fully saturated rings. The molecule has 110 valence electrons. The number of Topliss-reactive ketones (excluding diaryl/α,β-unsaturated/α-hetero) is 1. The maximum atomic E-state index is 12.0. The maximum Gasteiger partial charge on any atom is 0.303 e. The number of carbonyl (C=O) groups is 3. The lowest BCUT2D eigenvalue weighted by molar-refractivity contribution is -0.137. The van der Waals surface area contributed by atoms with Crippen molar-refractivity contribution in [3.05, 3.63) is 36.4 Å². The van der Waals surface area contributed by atoms with Crippen molar-refractivity contribution in [2.75, 3.05) is 18.1 Å². The summed E-state index contributed by atoms with van der Waals surface area (Å²) >= 11 is 0. The fourth-order valence-corrected chi connectivity index (χ4v) is 2.07. The zero-order chi connectivity index (χ0) is 15.4. The van der Waals surface area contributed by atoms with Crippen molar-refractivity contribution in [1.29, 1.82) is 0 Å². The van der Waals surface area contributed by atoms with Gasteiger partial charge in [-0.1, -0.05) is 6.08 Å². The molecule has 1 N–H and O–H groups in total. The number of ether oxygens (including phenoxy) is 1. The van der Waals surface area contributed by atoms with Crippen LogP contribution in [0, 0.1) is 0 Å². The number of carboxylic acid groups (broad SMARTS) is 1. The van der Waals surface area contributed by atoms with E-state index in [0.717, 1.165) is 0 Å². The Bertz CT molecular complexity index is 608. The van der Waals surface area contributed by atoms with E-state index in [2.05, 4.69) is 6.58 Å². The SMILES string of the molecule is C=CCN1C(=O)COc2ccc(C(=O)CCC(=O)O)cc21. The summed E-state index contributed by atoms with van der Waals surface area (Å²) in [7, 11) is 0. The minimum absolute atomic E-state index is 0.0485. The number of fused-ring (bicyclic) bond motifs is 1. The molecule has 1 aliphatic heterocycles. The van der Waals surface area contributed by atoms with Crippen molar-refractivity contribution >= 4 is 23.3 Å². The number of carbonyl (C=O) groups excluding carboxylic acids is 2. The van der Waals surface area contributed by atoms with Gasteiger partial charge in [0.05, 0.1) is 12.1 Å². The van der Waals surface area contributed by atoms with Gasteiger partial charge in [0.15, 0.2) is 12.4 Å². The quantitative estimate of drug-likeness (QED) is 0.636. The molecule has 0 aliphatic carbocycles. The zero-order valence-corrected chi connectivity index (χ0v) is 11.4. The normalized spacial score (nSPS) is 13.3. The Morgan fingerprint density at radius 1 is 1.38 bits per heavy atom. The fraction of sp³-hybridized carbons (Fsp3) is 0.267. The molecule has 1 heterocycles. The largest absolute Gasteiger partial charge is 0.482 e. The first-order chi connectivity index (χ1) is 10.0. The second kappa shape index (κ2) is 6.21. The Labute approximate surface area is 121 Å². The average molecular weight is 289 g/mol. The van der Waals surface area contributed by atoms with Crippen LogP contribution < -0.4 is 9.64 Å². The first kappa shape index (κ1) is 14.8. The van der Waals surface area contributed by atoms with Gasteiger partial charge < -0.3 is 14.7 Å². The van der Waals surface area contributed by atoms with Crippen LogP contribution in [-0.4, -0.2) is 35.9 Å². The van der Waals surface area contributed by atoms with E-state index in [4.69, 9.17) is 9.84 Å². The van der Waals surface area contributed by atoms with E-state index in [9.17, 15) is 14.4 Å². The van der Waals surface area contributed by atoms with Gasteiger partial charge in [0, 0.05) is 18.5 Å². The second-order valence-corrected chi connectivity index (χ2v) is 4.58. The molecule has 0 unspecified atom stereocenters. The first-order valence-electron chi connectivity index (χ1n) is 6.46. The molecule has 1 amide bonds. The minimum Gasteiger partial charge on any atom is -0.482 e. The second-order valence-electron chi connectivity index (χ2n) is 4.58. The van der Waals surface area contributed by atoms with E-state index in [0.29, 0.717) is 23.5 Å². The minimum atomic E-state index is -1.02. The van der Waals surface area contributed by atoms with Crippen molar-refractivity contribution < 1.29 is 24.2 Å². The Morgan fingerprint density at radius 3 is 2.81 bits per heavy atom. The highest BCUT2D eigenvalue weighted by Gasteiger charge is 2.25. The lowest BCUT2D eigenvalue weighted by Gasteiger charge is -2.28. The zero-order valence-electron chi connectivity index (χ0n) is 11.4. The molecule has 6 heteroatoms. The highest BCUT2D eigenvalue weighted by molar-refractivity contribution is 6.02. The summed E-state index contributed by atoms with van der Waals surface area (Å²) in [6, 6.07) is 4.75. The molecule has 0 spiro atoms. The predicted molar refractivity (Wildman–Crippen MR) is 75.7 cm³/mol. The van der Waals surface area contributed by atoms with E-state index in [1.54, 1.807) is 24.3 Å². The van der Waals surface area contributed by atoms with E-state index in [1.807, 2.05) is 0 Å². The van der Waals surface area contributed by atoms with Crippen molar-refractivity contribution in [3.8, 4) is 5.75 Å². The van der Waals surface area contributed by atoms with Crippen LogP contribution in [0.1, 0.15) is 23.2 Å². The number of benzene rings is 1. The summed E-state index contributed by atoms with van der Waals surface area (Å²) in [5.74, 6) is -0.992. The number of rotatable bonds is 6. The third kappa shape index (κ3) is 3.28. The lowest BCUT2D eigenvalue weighted by atomic mass is 10.0. The first-order valence-corrected chi connectivity index (χ1v) is 6.46. The van der Waals surface area contributed by atoms with Gasteiger partial charge in [0.1, 0.15) is 5.75 Å². The molecule has 1 aromatic rings. The van der Waals surface area contributed by atoms with Crippen molar-refractivity contribution in [2.45, 2.75) is 12.8 Å². The summed E-state index contributed by atoms with van der Waals surface area (Å²) in [6.07, 6.45) is 1.29. The third-order valence-corrected chi connectivity index (χ3v) is 3.10. The van der Waals surface area contributed by atoms with E-state index < -0.39 is 5.97 Å². The van der Waals surface area contributed by atoms with Crippen molar-refractivity contribution in [3.63, 3.8) is 0 Å².